The van der Waals surface area contributed by atoms with Gasteiger partial charge in [-0.25, -0.2) is 0 Å². The Balaban J connectivity index is 2.23. The van der Waals surface area contributed by atoms with E-state index in [-0.39, 0.29) is 11.5 Å². The summed E-state index contributed by atoms with van der Waals surface area (Å²) < 4.78 is 0. The van der Waals surface area contributed by atoms with Crippen LogP contribution in [-0.2, 0) is 0 Å². The monoisotopic (exact) mass is 236 g/mol. The lowest BCUT2D eigenvalue weighted by Crippen LogP contribution is -1.79. The highest BCUT2D eigenvalue weighted by Crippen LogP contribution is 2.32. The first-order valence-corrected chi connectivity index (χ1v) is 5.75. The highest BCUT2D eigenvalue weighted by Gasteiger charge is 2.04. The molecule has 0 saturated heterocycles. The van der Waals surface area contributed by atoms with Crippen LogP contribution in [0.1, 0.15) is 0 Å². The topological polar surface area (TPSA) is 40.5 Å². The van der Waals surface area contributed by atoms with Gasteiger partial charge >= 0.3 is 0 Å². The van der Waals surface area contributed by atoms with Crippen LogP contribution in [-0.4, -0.2) is 10.2 Å². The van der Waals surface area contributed by atoms with Crippen molar-refractivity contribution in [3.8, 4) is 22.6 Å². The number of hydrogen-bond donors (Lipinski definition) is 2. The van der Waals surface area contributed by atoms with E-state index in [4.69, 9.17) is 0 Å². The quantitative estimate of drug-likeness (QED) is 0.672. The molecule has 18 heavy (non-hydrogen) atoms. The van der Waals surface area contributed by atoms with Gasteiger partial charge in [-0.05, 0) is 28.6 Å². The molecule has 2 N–H and O–H groups in total. The molecule has 3 aromatic rings. The minimum Gasteiger partial charge on any atom is -0.508 e. The van der Waals surface area contributed by atoms with Gasteiger partial charge in [0.1, 0.15) is 11.5 Å². The van der Waals surface area contributed by atoms with Gasteiger partial charge in [0.2, 0.25) is 0 Å². The molecule has 0 bridgehead atoms. The molecule has 3 aromatic carbocycles. The summed E-state index contributed by atoms with van der Waals surface area (Å²) in [4.78, 5) is 0. The summed E-state index contributed by atoms with van der Waals surface area (Å²) >= 11 is 0. The van der Waals surface area contributed by atoms with Gasteiger partial charge in [0.15, 0.2) is 0 Å². The number of phenols is 2. The standard InChI is InChI=1S/C16H12O2/c17-14-8-13-7-6-12(9-15(13)16(18)10-14)11-4-2-1-3-5-11/h1-10,17-18H. The molecule has 0 radical (unpaired) electrons. The molecule has 0 spiro atoms. The van der Waals surface area contributed by atoms with Crippen LogP contribution < -0.4 is 0 Å². The van der Waals surface area contributed by atoms with Crippen molar-refractivity contribution in [1.82, 2.24) is 0 Å². The Morgan fingerprint density at radius 2 is 1.44 bits per heavy atom. The maximum absolute atomic E-state index is 9.86. The van der Waals surface area contributed by atoms with Crippen molar-refractivity contribution >= 4 is 10.8 Å². The van der Waals surface area contributed by atoms with Crippen LogP contribution in [0.3, 0.4) is 0 Å². The first-order chi connectivity index (χ1) is 8.74. The third-order valence-electron chi connectivity index (χ3n) is 3.02. The number of benzene rings is 3. The zero-order valence-electron chi connectivity index (χ0n) is 9.67. The first kappa shape index (κ1) is 10.7. The number of phenolic OH excluding ortho intramolecular Hbond substituents is 2. The number of fused-ring (bicyclic) bond motifs is 1. The second-order valence-electron chi connectivity index (χ2n) is 4.27. The summed E-state index contributed by atoms with van der Waals surface area (Å²) in [7, 11) is 0. The molecule has 2 heteroatoms. The first-order valence-electron chi connectivity index (χ1n) is 5.75. The highest BCUT2D eigenvalue weighted by atomic mass is 16.3. The van der Waals surface area contributed by atoms with Gasteiger partial charge < -0.3 is 10.2 Å². The normalized spacial score (nSPS) is 10.7. The van der Waals surface area contributed by atoms with Gasteiger partial charge in [-0.15, -0.1) is 0 Å². The minimum absolute atomic E-state index is 0.0764. The van der Waals surface area contributed by atoms with Crippen molar-refractivity contribution in [2.45, 2.75) is 0 Å². The second kappa shape index (κ2) is 4.08. The van der Waals surface area contributed by atoms with E-state index in [1.54, 1.807) is 6.07 Å². The van der Waals surface area contributed by atoms with Crippen molar-refractivity contribution in [3.63, 3.8) is 0 Å². The predicted octanol–water partition coefficient (Wildman–Crippen LogP) is 3.92. The second-order valence-corrected chi connectivity index (χ2v) is 4.27. The van der Waals surface area contributed by atoms with Crippen molar-refractivity contribution in [1.29, 1.82) is 0 Å². The predicted molar refractivity (Wildman–Crippen MR) is 72.7 cm³/mol. The Morgan fingerprint density at radius 1 is 0.667 bits per heavy atom. The lowest BCUT2D eigenvalue weighted by atomic mass is 10.0. The Labute approximate surface area is 105 Å². The molecule has 0 saturated carbocycles. The zero-order chi connectivity index (χ0) is 12.5. The average molecular weight is 236 g/mol. The summed E-state index contributed by atoms with van der Waals surface area (Å²) in [5.41, 5.74) is 2.15. The van der Waals surface area contributed by atoms with E-state index in [0.717, 1.165) is 21.9 Å². The summed E-state index contributed by atoms with van der Waals surface area (Å²) in [5, 5.41) is 20.9. The summed E-state index contributed by atoms with van der Waals surface area (Å²) in [6.45, 7) is 0. The van der Waals surface area contributed by atoms with E-state index in [1.165, 1.54) is 6.07 Å². The van der Waals surface area contributed by atoms with Crippen molar-refractivity contribution < 1.29 is 10.2 Å². The summed E-state index contributed by atoms with van der Waals surface area (Å²) in [6.07, 6.45) is 0. The van der Waals surface area contributed by atoms with Crippen LogP contribution in [0.2, 0.25) is 0 Å². The molecule has 0 aromatic heterocycles. The molecule has 0 unspecified atom stereocenters. The van der Waals surface area contributed by atoms with Crippen LogP contribution >= 0.6 is 0 Å². The van der Waals surface area contributed by atoms with Crippen molar-refractivity contribution in [2.75, 3.05) is 0 Å². The Kier molecular flexibility index (Phi) is 2.41. The van der Waals surface area contributed by atoms with Crippen LogP contribution in [0.5, 0.6) is 11.5 Å². The fourth-order valence-corrected chi connectivity index (χ4v) is 2.13. The Morgan fingerprint density at radius 3 is 2.22 bits per heavy atom. The SMILES string of the molecule is Oc1cc(O)c2cc(-c3ccccc3)ccc2c1. The molecule has 0 aliphatic heterocycles. The molecule has 88 valence electrons. The van der Waals surface area contributed by atoms with E-state index in [2.05, 4.69) is 0 Å². The lowest BCUT2D eigenvalue weighted by molar-refractivity contribution is 0.455. The van der Waals surface area contributed by atoms with Crippen LogP contribution in [0.25, 0.3) is 21.9 Å². The molecule has 0 aliphatic carbocycles. The van der Waals surface area contributed by atoms with E-state index < -0.39 is 0 Å². The molecule has 3 rings (SSSR count). The maximum Gasteiger partial charge on any atom is 0.127 e. The van der Waals surface area contributed by atoms with E-state index in [1.807, 2.05) is 48.5 Å². The molecule has 2 nitrogen and oxygen atoms in total. The van der Waals surface area contributed by atoms with Gasteiger partial charge in [0.25, 0.3) is 0 Å². The molecule has 0 fully saturated rings. The molecular weight excluding hydrogens is 224 g/mol. The van der Waals surface area contributed by atoms with Gasteiger partial charge in [-0.2, -0.15) is 0 Å². The average Bonchev–Trinajstić information content (AvgIpc) is 2.39. The smallest absolute Gasteiger partial charge is 0.127 e. The van der Waals surface area contributed by atoms with Crippen LogP contribution in [0.15, 0.2) is 60.7 Å². The fourth-order valence-electron chi connectivity index (χ4n) is 2.13. The van der Waals surface area contributed by atoms with Crippen molar-refractivity contribution in [2.24, 2.45) is 0 Å². The summed E-state index contributed by atoms with van der Waals surface area (Å²) in [5.74, 6) is 0.176. The fraction of sp³-hybridized carbons (Fsp3) is 0. The molecular formula is C16H12O2. The highest BCUT2D eigenvalue weighted by molar-refractivity contribution is 5.92. The van der Waals surface area contributed by atoms with Gasteiger partial charge in [0.05, 0.1) is 0 Å². The largest absolute Gasteiger partial charge is 0.508 e. The van der Waals surface area contributed by atoms with Crippen molar-refractivity contribution in [3.05, 3.63) is 60.7 Å². The molecule has 0 amide bonds. The van der Waals surface area contributed by atoms with E-state index >= 15 is 0 Å². The minimum atomic E-state index is 0.0764. The zero-order valence-corrected chi connectivity index (χ0v) is 9.67. The van der Waals surface area contributed by atoms with Gasteiger partial charge in [-0.3, -0.25) is 0 Å². The lowest BCUT2D eigenvalue weighted by Gasteiger charge is -2.06. The Bertz CT molecular complexity index is 703. The maximum atomic E-state index is 9.86. The van der Waals surface area contributed by atoms with E-state index in [0.29, 0.717) is 0 Å². The Hall–Kier alpha value is -2.48. The van der Waals surface area contributed by atoms with Crippen LogP contribution in [0.4, 0.5) is 0 Å². The molecule has 0 aliphatic rings. The van der Waals surface area contributed by atoms with E-state index in [9.17, 15) is 10.2 Å². The number of aromatic hydroxyl groups is 2. The van der Waals surface area contributed by atoms with Crippen LogP contribution in [0, 0.1) is 0 Å². The van der Waals surface area contributed by atoms with Gasteiger partial charge in [0, 0.05) is 11.5 Å². The van der Waals surface area contributed by atoms with Gasteiger partial charge in [-0.1, -0.05) is 42.5 Å². The molecule has 0 atom stereocenters. The third-order valence-corrected chi connectivity index (χ3v) is 3.02. The molecule has 0 heterocycles. The summed E-state index contributed by atoms with van der Waals surface area (Å²) in [6, 6.07) is 18.8. The number of hydrogen-bond acceptors (Lipinski definition) is 2. The third kappa shape index (κ3) is 1.78. The number of rotatable bonds is 1.